The molecule has 1 saturated heterocycles. The van der Waals surface area contributed by atoms with Crippen LogP contribution in [0.25, 0.3) is 0 Å². The van der Waals surface area contributed by atoms with Gasteiger partial charge in [-0.3, -0.25) is 19.2 Å². The number of rotatable bonds is 5. The average molecular weight is 494 g/mol. The first-order valence-corrected chi connectivity index (χ1v) is 11.3. The molecule has 0 N–H and O–H groups in total. The molecule has 2 aromatic carbocycles. The first-order chi connectivity index (χ1) is 15.3. The minimum atomic E-state index is -0.652. The molecular formula is C23H19Cl3N2O4. The normalized spacial score (nSPS) is 20.3. The summed E-state index contributed by atoms with van der Waals surface area (Å²) in [4.78, 5) is 52.7. The van der Waals surface area contributed by atoms with Crippen molar-refractivity contribution in [2.75, 3.05) is 6.54 Å². The van der Waals surface area contributed by atoms with Crippen molar-refractivity contribution in [2.45, 2.75) is 25.7 Å². The lowest BCUT2D eigenvalue weighted by molar-refractivity contribution is -0.154. The van der Waals surface area contributed by atoms with Gasteiger partial charge >= 0.3 is 0 Å². The van der Waals surface area contributed by atoms with Crippen LogP contribution < -0.4 is 0 Å². The Hall–Kier alpha value is -2.41. The van der Waals surface area contributed by atoms with Gasteiger partial charge in [-0.1, -0.05) is 47.6 Å². The van der Waals surface area contributed by atoms with Crippen molar-refractivity contribution in [1.82, 2.24) is 10.0 Å². The van der Waals surface area contributed by atoms with Gasteiger partial charge in [0.2, 0.25) is 0 Å². The van der Waals surface area contributed by atoms with Gasteiger partial charge < -0.3 is 0 Å². The highest BCUT2D eigenvalue weighted by Gasteiger charge is 2.51. The van der Waals surface area contributed by atoms with Crippen LogP contribution in [0.4, 0.5) is 0 Å². The molecule has 0 unspecified atom stereocenters. The Bertz CT molecular complexity index is 1080. The summed E-state index contributed by atoms with van der Waals surface area (Å²) in [5.41, 5.74) is 0.335. The lowest BCUT2D eigenvalue weighted by atomic mass is 9.81. The Morgan fingerprint density at radius 1 is 0.875 bits per heavy atom. The molecule has 4 rings (SSSR count). The second-order valence-electron chi connectivity index (χ2n) is 7.90. The molecule has 1 saturated carbocycles. The zero-order valence-electron chi connectivity index (χ0n) is 16.9. The van der Waals surface area contributed by atoms with Crippen molar-refractivity contribution in [3.63, 3.8) is 0 Å². The van der Waals surface area contributed by atoms with Crippen molar-refractivity contribution < 1.29 is 19.2 Å². The van der Waals surface area contributed by atoms with E-state index in [0.717, 1.165) is 22.9 Å². The first kappa shape index (κ1) is 22.8. The number of benzene rings is 2. The van der Waals surface area contributed by atoms with Crippen LogP contribution in [0, 0.1) is 11.8 Å². The van der Waals surface area contributed by atoms with Crippen molar-refractivity contribution in [1.29, 1.82) is 0 Å². The van der Waals surface area contributed by atoms with Crippen LogP contribution >= 0.6 is 34.8 Å². The second-order valence-corrected chi connectivity index (χ2v) is 9.18. The standard InChI is InChI=1S/C23H19Cl3N2O4/c24-14-7-5-13(6-8-14)21(30)27(12-20(29)18-10-9-15(25)11-19(18)26)28-22(31)16-3-1-2-4-17(16)23(28)32/h5-11,16-17H,1-4,12H2/t16-,17+. The maximum Gasteiger partial charge on any atom is 0.273 e. The van der Waals surface area contributed by atoms with E-state index in [1.165, 1.54) is 42.5 Å². The molecule has 2 atom stereocenters. The molecule has 1 aliphatic heterocycles. The molecule has 1 aliphatic carbocycles. The number of hydrazine groups is 1. The van der Waals surface area contributed by atoms with Gasteiger partial charge in [-0.15, -0.1) is 0 Å². The molecule has 2 aliphatic rings. The van der Waals surface area contributed by atoms with Crippen molar-refractivity contribution in [2.24, 2.45) is 11.8 Å². The number of fused-ring (bicyclic) bond motifs is 1. The van der Waals surface area contributed by atoms with Crippen LogP contribution in [0.5, 0.6) is 0 Å². The molecule has 2 aromatic rings. The zero-order chi connectivity index (χ0) is 23.0. The van der Waals surface area contributed by atoms with Gasteiger partial charge in [0.15, 0.2) is 5.78 Å². The number of carbonyl (C=O) groups is 4. The minimum Gasteiger partial charge on any atom is -0.292 e. The second kappa shape index (κ2) is 9.22. The molecule has 32 heavy (non-hydrogen) atoms. The predicted molar refractivity (Wildman–Crippen MR) is 121 cm³/mol. The van der Waals surface area contributed by atoms with Gasteiger partial charge in [0.25, 0.3) is 17.7 Å². The number of hydrogen-bond acceptors (Lipinski definition) is 4. The average Bonchev–Trinajstić information content (AvgIpc) is 3.02. The van der Waals surface area contributed by atoms with Gasteiger partial charge in [0.05, 0.1) is 16.9 Å². The number of amides is 3. The smallest absolute Gasteiger partial charge is 0.273 e. The largest absolute Gasteiger partial charge is 0.292 e. The number of imide groups is 1. The Balaban J connectivity index is 1.70. The van der Waals surface area contributed by atoms with E-state index in [9.17, 15) is 19.2 Å². The van der Waals surface area contributed by atoms with Gasteiger partial charge in [-0.25, -0.2) is 5.01 Å². The van der Waals surface area contributed by atoms with Crippen molar-refractivity contribution in [3.05, 3.63) is 68.7 Å². The molecule has 6 nitrogen and oxygen atoms in total. The van der Waals surface area contributed by atoms with Crippen LogP contribution in [0.1, 0.15) is 46.4 Å². The van der Waals surface area contributed by atoms with Crippen molar-refractivity contribution >= 4 is 58.3 Å². The Labute approximate surface area is 200 Å². The summed E-state index contributed by atoms with van der Waals surface area (Å²) in [6, 6.07) is 10.4. The molecule has 2 fully saturated rings. The van der Waals surface area contributed by atoms with E-state index in [-0.39, 0.29) is 16.1 Å². The Morgan fingerprint density at radius 2 is 1.44 bits per heavy atom. The number of nitrogens with zero attached hydrogens (tertiary/aromatic N) is 2. The van der Waals surface area contributed by atoms with E-state index >= 15 is 0 Å². The SMILES string of the molecule is O=C(CN(C(=O)c1ccc(Cl)cc1)N1C(=O)[C@H]2CCCC[C@H]2C1=O)c1ccc(Cl)cc1Cl. The third-order valence-corrected chi connectivity index (χ3v) is 6.71. The third kappa shape index (κ3) is 4.27. The van der Waals surface area contributed by atoms with Gasteiger partial charge in [-0.05, 0) is 55.3 Å². The zero-order valence-corrected chi connectivity index (χ0v) is 19.2. The fourth-order valence-corrected chi connectivity index (χ4v) is 4.93. The van der Waals surface area contributed by atoms with Crippen LogP contribution in [0.2, 0.25) is 15.1 Å². The lowest BCUT2D eigenvalue weighted by Crippen LogP contribution is -2.52. The van der Waals surface area contributed by atoms with E-state index in [4.69, 9.17) is 34.8 Å². The van der Waals surface area contributed by atoms with E-state index < -0.39 is 41.9 Å². The van der Waals surface area contributed by atoms with Gasteiger partial charge in [0.1, 0.15) is 6.54 Å². The highest BCUT2D eigenvalue weighted by Crippen LogP contribution is 2.39. The van der Waals surface area contributed by atoms with Crippen LogP contribution in [-0.4, -0.2) is 40.1 Å². The maximum absolute atomic E-state index is 13.4. The first-order valence-electron chi connectivity index (χ1n) is 10.2. The molecule has 3 amide bonds. The maximum atomic E-state index is 13.4. The molecule has 0 aromatic heterocycles. The van der Waals surface area contributed by atoms with Gasteiger partial charge in [-0.2, -0.15) is 5.01 Å². The number of hydrogen-bond donors (Lipinski definition) is 0. The van der Waals surface area contributed by atoms with E-state index in [2.05, 4.69) is 0 Å². The summed E-state index contributed by atoms with van der Waals surface area (Å²) in [5, 5.41) is 2.69. The number of ketones is 1. The summed E-state index contributed by atoms with van der Waals surface area (Å²) < 4.78 is 0. The summed E-state index contributed by atoms with van der Waals surface area (Å²) in [7, 11) is 0. The molecule has 166 valence electrons. The quantitative estimate of drug-likeness (QED) is 0.431. The fourth-order valence-electron chi connectivity index (χ4n) is 4.29. The number of carbonyl (C=O) groups excluding carboxylic acids is 4. The van der Waals surface area contributed by atoms with Gasteiger partial charge in [0, 0.05) is 21.2 Å². The molecule has 0 bridgehead atoms. The Morgan fingerprint density at radius 3 is 2.00 bits per heavy atom. The minimum absolute atomic E-state index is 0.120. The molecule has 0 radical (unpaired) electrons. The summed E-state index contributed by atoms with van der Waals surface area (Å²) in [6.07, 6.45) is 2.87. The van der Waals surface area contributed by atoms with E-state index in [1.807, 2.05) is 0 Å². The van der Waals surface area contributed by atoms with E-state index in [1.54, 1.807) is 0 Å². The van der Waals surface area contributed by atoms with Crippen LogP contribution in [0.3, 0.4) is 0 Å². The van der Waals surface area contributed by atoms with Crippen LogP contribution in [-0.2, 0) is 9.59 Å². The summed E-state index contributed by atoms with van der Waals surface area (Å²) in [6.45, 7) is -0.528. The highest BCUT2D eigenvalue weighted by molar-refractivity contribution is 6.37. The molecule has 9 heteroatoms. The molecule has 0 spiro atoms. The van der Waals surface area contributed by atoms with Crippen LogP contribution in [0.15, 0.2) is 42.5 Å². The summed E-state index contributed by atoms with van der Waals surface area (Å²) in [5.74, 6) is -3.00. The number of Topliss-reactive ketones (excluding diaryl/α,β-unsaturated/α-hetero) is 1. The molecule has 1 heterocycles. The molecular weight excluding hydrogens is 475 g/mol. The highest BCUT2D eigenvalue weighted by atomic mass is 35.5. The van der Waals surface area contributed by atoms with E-state index in [0.29, 0.717) is 22.9 Å². The Kier molecular flexibility index (Phi) is 6.56. The lowest BCUT2D eigenvalue weighted by Gasteiger charge is -2.30. The van der Waals surface area contributed by atoms with Crippen molar-refractivity contribution in [3.8, 4) is 0 Å². The summed E-state index contributed by atoms with van der Waals surface area (Å²) >= 11 is 18.0. The third-order valence-electron chi connectivity index (χ3n) is 5.91. The fraction of sp³-hybridized carbons (Fsp3) is 0.304. The number of halogens is 3. The topological polar surface area (TPSA) is 74.8 Å². The predicted octanol–water partition coefficient (Wildman–Crippen LogP) is 5.06. The monoisotopic (exact) mass is 492 g/mol.